The number of carbonyl (C=O) groups is 1. The van der Waals surface area contributed by atoms with Crippen molar-refractivity contribution in [3.05, 3.63) is 36.2 Å². The number of nitrogens with zero attached hydrogens (tertiary/aromatic N) is 2. The van der Waals surface area contributed by atoms with Gasteiger partial charge in [0.1, 0.15) is 5.69 Å². The first-order valence-electron chi connectivity index (χ1n) is 6.63. The van der Waals surface area contributed by atoms with Crippen molar-refractivity contribution in [2.45, 2.75) is 12.8 Å². The Balaban J connectivity index is 1.68. The quantitative estimate of drug-likeness (QED) is 0.908. The second-order valence-electron chi connectivity index (χ2n) is 4.84. The zero-order chi connectivity index (χ0) is 13.1. The number of hydrogen-bond donors (Lipinski definition) is 1. The van der Waals surface area contributed by atoms with Gasteiger partial charge in [-0.25, -0.2) is 4.52 Å². The molecule has 100 valence electrons. The SMILES string of the molecule is O=C(NCC1CCOCC1)c1cccc2ccnn12. The van der Waals surface area contributed by atoms with Gasteiger partial charge in [0.25, 0.3) is 5.91 Å². The van der Waals surface area contributed by atoms with Crippen LogP contribution in [0.25, 0.3) is 5.52 Å². The van der Waals surface area contributed by atoms with Crippen LogP contribution in [0.2, 0.25) is 0 Å². The third kappa shape index (κ3) is 2.61. The molecule has 19 heavy (non-hydrogen) atoms. The summed E-state index contributed by atoms with van der Waals surface area (Å²) in [6.45, 7) is 2.31. The first kappa shape index (κ1) is 12.2. The fourth-order valence-corrected chi connectivity index (χ4v) is 2.40. The topological polar surface area (TPSA) is 55.6 Å². The number of rotatable bonds is 3. The highest BCUT2D eigenvalue weighted by atomic mass is 16.5. The first-order chi connectivity index (χ1) is 9.34. The zero-order valence-electron chi connectivity index (χ0n) is 10.7. The molecule has 2 aromatic rings. The molecule has 1 aliphatic heterocycles. The summed E-state index contributed by atoms with van der Waals surface area (Å²) in [4.78, 5) is 12.2. The Bertz CT molecular complexity index is 573. The summed E-state index contributed by atoms with van der Waals surface area (Å²) in [6.07, 6.45) is 3.74. The van der Waals surface area contributed by atoms with Crippen molar-refractivity contribution in [2.24, 2.45) is 5.92 Å². The molecule has 2 aromatic heterocycles. The molecule has 1 amide bonds. The number of fused-ring (bicyclic) bond motifs is 1. The number of aromatic nitrogens is 2. The van der Waals surface area contributed by atoms with E-state index in [0.717, 1.165) is 31.6 Å². The molecule has 3 heterocycles. The number of pyridine rings is 1. The van der Waals surface area contributed by atoms with Gasteiger partial charge in [-0.3, -0.25) is 4.79 Å². The van der Waals surface area contributed by atoms with Gasteiger partial charge in [-0.1, -0.05) is 6.07 Å². The third-order valence-corrected chi connectivity index (χ3v) is 3.55. The minimum atomic E-state index is -0.0687. The molecule has 3 rings (SSSR count). The van der Waals surface area contributed by atoms with E-state index in [4.69, 9.17) is 4.74 Å². The van der Waals surface area contributed by atoms with Crippen LogP contribution in [0.1, 0.15) is 23.3 Å². The summed E-state index contributed by atoms with van der Waals surface area (Å²) in [7, 11) is 0. The van der Waals surface area contributed by atoms with Gasteiger partial charge in [0.2, 0.25) is 0 Å². The monoisotopic (exact) mass is 259 g/mol. The molecule has 5 nitrogen and oxygen atoms in total. The third-order valence-electron chi connectivity index (χ3n) is 3.55. The molecule has 0 spiro atoms. The molecule has 0 atom stereocenters. The van der Waals surface area contributed by atoms with Crippen LogP contribution in [0.3, 0.4) is 0 Å². The lowest BCUT2D eigenvalue weighted by atomic mass is 10.0. The molecule has 0 bridgehead atoms. The van der Waals surface area contributed by atoms with Crippen LogP contribution in [0.4, 0.5) is 0 Å². The Morgan fingerprint density at radius 3 is 3.05 bits per heavy atom. The van der Waals surface area contributed by atoms with Gasteiger partial charge >= 0.3 is 0 Å². The van der Waals surface area contributed by atoms with Crippen LogP contribution in [0.15, 0.2) is 30.5 Å². The number of hydrogen-bond acceptors (Lipinski definition) is 3. The van der Waals surface area contributed by atoms with E-state index in [1.54, 1.807) is 16.8 Å². The van der Waals surface area contributed by atoms with Crippen molar-refractivity contribution in [1.82, 2.24) is 14.9 Å². The van der Waals surface area contributed by atoms with Crippen LogP contribution in [0.5, 0.6) is 0 Å². The lowest BCUT2D eigenvalue weighted by Crippen LogP contribution is -2.33. The summed E-state index contributed by atoms with van der Waals surface area (Å²) in [5, 5.41) is 7.17. The van der Waals surface area contributed by atoms with Crippen LogP contribution >= 0.6 is 0 Å². The summed E-state index contributed by atoms with van der Waals surface area (Å²) < 4.78 is 6.98. The van der Waals surface area contributed by atoms with Crippen LogP contribution < -0.4 is 5.32 Å². The summed E-state index contributed by atoms with van der Waals surface area (Å²) >= 11 is 0. The fourth-order valence-electron chi connectivity index (χ4n) is 2.40. The highest BCUT2D eigenvalue weighted by molar-refractivity contribution is 5.93. The predicted molar refractivity (Wildman–Crippen MR) is 71.1 cm³/mol. The van der Waals surface area contributed by atoms with E-state index in [0.29, 0.717) is 18.2 Å². The normalized spacial score (nSPS) is 16.6. The van der Waals surface area contributed by atoms with E-state index < -0.39 is 0 Å². The average Bonchev–Trinajstić information content (AvgIpc) is 2.94. The minimum absolute atomic E-state index is 0.0687. The van der Waals surface area contributed by atoms with E-state index in [1.165, 1.54) is 0 Å². The molecule has 0 aliphatic carbocycles. The number of nitrogens with one attached hydrogen (secondary N) is 1. The van der Waals surface area contributed by atoms with Gasteiger partial charge < -0.3 is 10.1 Å². The Hall–Kier alpha value is -1.88. The Morgan fingerprint density at radius 1 is 1.37 bits per heavy atom. The van der Waals surface area contributed by atoms with Gasteiger partial charge in [0, 0.05) is 19.8 Å². The maximum Gasteiger partial charge on any atom is 0.269 e. The second-order valence-corrected chi connectivity index (χ2v) is 4.84. The van der Waals surface area contributed by atoms with Crippen LogP contribution in [-0.4, -0.2) is 35.3 Å². The molecule has 1 saturated heterocycles. The molecule has 5 heteroatoms. The summed E-state index contributed by atoms with van der Waals surface area (Å²) in [5.41, 5.74) is 1.51. The molecule has 1 N–H and O–H groups in total. The summed E-state index contributed by atoms with van der Waals surface area (Å²) in [6, 6.07) is 7.48. The fraction of sp³-hybridized carbons (Fsp3) is 0.429. The molecule has 1 aliphatic rings. The van der Waals surface area contributed by atoms with Gasteiger partial charge in [-0.2, -0.15) is 5.10 Å². The predicted octanol–water partition coefficient (Wildman–Crippen LogP) is 1.49. The smallest absolute Gasteiger partial charge is 0.269 e. The van der Waals surface area contributed by atoms with E-state index in [9.17, 15) is 4.79 Å². The molecule has 0 saturated carbocycles. The van der Waals surface area contributed by atoms with Gasteiger partial charge in [-0.15, -0.1) is 0 Å². The highest BCUT2D eigenvalue weighted by Gasteiger charge is 2.16. The van der Waals surface area contributed by atoms with Crippen LogP contribution in [0, 0.1) is 5.92 Å². The largest absolute Gasteiger partial charge is 0.381 e. The van der Waals surface area contributed by atoms with E-state index >= 15 is 0 Å². The van der Waals surface area contributed by atoms with Crippen molar-refractivity contribution in [2.75, 3.05) is 19.8 Å². The number of amides is 1. The molecule has 1 fully saturated rings. The molecule has 0 unspecified atom stereocenters. The maximum atomic E-state index is 12.2. The molecule has 0 radical (unpaired) electrons. The molecular formula is C14H17N3O2. The van der Waals surface area contributed by atoms with E-state index in [2.05, 4.69) is 10.4 Å². The van der Waals surface area contributed by atoms with Crippen molar-refractivity contribution in [3.63, 3.8) is 0 Å². The average molecular weight is 259 g/mol. The van der Waals surface area contributed by atoms with Crippen molar-refractivity contribution < 1.29 is 9.53 Å². The Labute approximate surface area is 111 Å². The highest BCUT2D eigenvalue weighted by Crippen LogP contribution is 2.13. The van der Waals surface area contributed by atoms with Crippen molar-refractivity contribution in [3.8, 4) is 0 Å². The van der Waals surface area contributed by atoms with Gasteiger partial charge in [0.05, 0.1) is 11.7 Å². The first-order valence-corrected chi connectivity index (χ1v) is 6.63. The maximum absolute atomic E-state index is 12.2. The van der Waals surface area contributed by atoms with Gasteiger partial charge in [-0.05, 0) is 37.0 Å². The van der Waals surface area contributed by atoms with Crippen molar-refractivity contribution >= 4 is 11.4 Å². The van der Waals surface area contributed by atoms with Gasteiger partial charge in [0.15, 0.2) is 0 Å². The number of ether oxygens (including phenoxy) is 1. The lowest BCUT2D eigenvalue weighted by molar-refractivity contribution is 0.0641. The Morgan fingerprint density at radius 2 is 2.21 bits per heavy atom. The second kappa shape index (κ2) is 5.40. The van der Waals surface area contributed by atoms with Crippen molar-refractivity contribution in [1.29, 1.82) is 0 Å². The van der Waals surface area contributed by atoms with Crippen LogP contribution in [-0.2, 0) is 4.74 Å². The molecule has 0 aromatic carbocycles. The van der Waals surface area contributed by atoms with E-state index in [-0.39, 0.29) is 5.91 Å². The Kier molecular flexibility index (Phi) is 3.46. The minimum Gasteiger partial charge on any atom is -0.381 e. The standard InChI is InChI=1S/C14H17N3O2/c18-14(15-10-11-5-8-19-9-6-11)13-3-1-2-12-4-7-16-17(12)13/h1-4,7,11H,5-6,8-10H2,(H,15,18). The number of carbonyl (C=O) groups excluding carboxylic acids is 1. The van der Waals surface area contributed by atoms with E-state index in [1.807, 2.05) is 18.2 Å². The summed E-state index contributed by atoms with van der Waals surface area (Å²) in [5.74, 6) is 0.454. The zero-order valence-corrected chi connectivity index (χ0v) is 10.7. The molecular weight excluding hydrogens is 242 g/mol. The lowest BCUT2D eigenvalue weighted by Gasteiger charge is -2.22.